The average Bonchev–Trinajstić information content (AvgIpc) is 2.72. The molecule has 0 aliphatic carbocycles. The first-order valence-corrected chi connectivity index (χ1v) is 7.92. The van der Waals surface area contributed by atoms with E-state index in [0.29, 0.717) is 5.56 Å². The predicted octanol–water partition coefficient (Wildman–Crippen LogP) is 2.55. The number of hydrogen-bond donors (Lipinski definition) is 2. The molecule has 0 radical (unpaired) electrons. The van der Waals surface area contributed by atoms with E-state index in [1.165, 1.54) is 24.8 Å². The average molecular weight is 289 g/mol. The number of nitrogens with zero attached hydrogens (tertiary/aromatic N) is 1. The molecular formula is C17H27N3O. The van der Waals surface area contributed by atoms with Crippen LogP contribution >= 0.6 is 0 Å². The zero-order valence-corrected chi connectivity index (χ0v) is 13.1. The van der Waals surface area contributed by atoms with Crippen LogP contribution in [-0.4, -0.2) is 23.9 Å². The molecule has 116 valence electrons. The molecule has 1 aromatic carbocycles. The van der Waals surface area contributed by atoms with Crippen molar-refractivity contribution in [2.75, 3.05) is 13.1 Å². The van der Waals surface area contributed by atoms with E-state index in [0.717, 1.165) is 31.5 Å². The summed E-state index contributed by atoms with van der Waals surface area (Å²) in [5, 5.41) is 0. The van der Waals surface area contributed by atoms with E-state index in [2.05, 4.69) is 30.2 Å². The van der Waals surface area contributed by atoms with Gasteiger partial charge in [0.2, 0.25) is 0 Å². The number of amides is 1. The third kappa shape index (κ3) is 4.55. The van der Waals surface area contributed by atoms with Crippen LogP contribution in [0.15, 0.2) is 24.3 Å². The number of benzene rings is 1. The maximum absolute atomic E-state index is 11.6. The molecule has 21 heavy (non-hydrogen) atoms. The van der Waals surface area contributed by atoms with Gasteiger partial charge in [0.15, 0.2) is 0 Å². The van der Waals surface area contributed by atoms with Crippen molar-refractivity contribution in [3.8, 4) is 0 Å². The van der Waals surface area contributed by atoms with Crippen LogP contribution in [-0.2, 0) is 6.54 Å². The Morgan fingerprint density at radius 2 is 2.19 bits per heavy atom. The standard InChI is InChI=1S/C17H27N3O/c1-13(2)15-7-4-9-20(10-8-15)12-14-5-3-6-16(11-14)17(21)19-18/h3,5-6,11,13,15H,4,7-10,12,18H2,1-2H3,(H,19,21). The lowest BCUT2D eigenvalue weighted by atomic mass is 9.89. The highest BCUT2D eigenvalue weighted by molar-refractivity contribution is 5.93. The molecule has 0 aromatic heterocycles. The SMILES string of the molecule is CC(C)C1CCCN(Cc2cccc(C(=O)NN)c2)CC1. The van der Waals surface area contributed by atoms with Gasteiger partial charge in [-0.05, 0) is 61.9 Å². The van der Waals surface area contributed by atoms with E-state index in [4.69, 9.17) is 5.84 Å². The monoisotopic (exact) mass is 289 g/mol. The Bertz CT molecular complexity index is 473. The van der Waals surface area contributed by atoms with Crippen molar-refractivity contribution in [1.82, 2.24) is 10.3 Å². The number of carbonyl (C=O) groups excluding carboxylic acids is 1. The molecule has 0 spiro atoms. The van der Waals surface area contributed by atoms with E-state index in [1.807, 2.05) is 12.1 Å². The van der Waals surface area contributed by atoms with Crippen LogP contribution in [0.4, 0.5) is 0 Å². The summed E-state index contributed by atoms with van der Waals surface area (Å²) in [6.07, 6.45) is 3.89. The first kappa shape index (κ1) is 16.0. The molecule has 1 aliphatic rings. The summed E-state index contributed by atoms with van der Waals surface area (Å²) in [6, 6.07) is 7.74. The highest BCUT2D eigenvalue weighted by Gasteiger charge is 2.19. The lowest BCUT2D eigenvalue weighted by Gasteiger charge is -2.21. The molecular weight excluding hydrogens is 262 g/mol. The molecule has 1 aromatic rings. The van der Waals surface area contributed by atoms with E-state index >= 15 is 0 Å². The Labute approximate surface area is 127 Å². The van der Waals surface area contributed by atoms with Gasteiger partial charge in [-0.3, -0.25) is 15.1 Å². The number of nitrogens with one attached hydrogen (secondary N) is 1. The van der Waals surface area contributed by atoms with Crippen LogP contribution in [0.25, 0.3) is 0 Å². The van der Waals surface area contributed by atoms with Gasteiger partial charge in [-0.2, -0.15) is 0 Å². The summed E-state index contributed by atoms with van der Waals surface area (Å²) in [4.78, 5) is 14.1. The minimum atomic E-state index is -0.229. The first-order chi connectivity index (χ1) is 10.1. The molecule has 1 aliphatic heterocycles. The van der Waals surface area contributed by atoms with Crippen LogP contribution in [0.1, 0.15) is 49.0 Å². The number of hydrazine groups is 1. The summed E-state index contributed by atoms with van der Waals surface area (Å²) in [5.74, 6) is 6.59. The zero-order valence-electron chi connectivity index (χ0n) is 13.1. The highest BCUT2D eigenvalue weighted by atomic mass is 16.2. The van der Waals surface area contributed by atoms with Gasteiger partial charge >= 0.3 is 0 Å². The normalized spacial score (nSPS) is 20.3. The van der Waals surface area contributed by atoms with Gasteiger partial charge in [0, 0.05) is 12.1 Å². The minimum Gasteiger partial charge on any atom is -0.299 e. The summed E-state index contributed by atoms with van der Waals surface area (Å²) in [6.45, 7) is 7.87. The Morgan fingerprint density at radius 1 is 1.38 bits per heavy atom. The fraction of sp³-hybridized carbons (Fsp3) is 0.588. The molecule has 4 heteroatoms. The minimum absolute atomic E-state index is 0.229. The second kappa shape index (κ2) is 7.57. The summed E-state index contributed by atoms with van der Waals surface area (Å²) in [7, 11) is 0. The summed E-state index contributed by atoms with van der Waals surface area (Å²) in [5.41, 5.74) is 4.00. The first-order valence-electron chi connectivity index (χ1n) is 7.92. The Balaban J connectivity index is 1.97. The number of nitrogens with two attached hydrogens (primary N) is 1. The number of nitrogen functional groups attached to an aromatic ring is 1. The van der Waals surface area contributed by atoms with E-state index in [-0.39, 0.29) is 5.91 Å². The fourth-order valence-corrected chi connectivity index (χ4v) is 3.16. The molecule has 1 amide bonds. The van der Waals surface area contributed by atoms with Gasteiger partial charge in [0.1, 0.15) is 0 Å². The quantitative estimate of drug-likeness (QED) is 0.509. The van der Waals surface area contributed by atoms with Crippen molar-refractivity contribution < 1.29 is 4.79 Å². The van der Waals surface area contributed by atoms with E-state index in [9.17, 15) is 4.79 Å². The van der Waals surface area contributed by atoms with Crippen LogP contribution in [0, 0.1) is 11.8 Å². The van der Waals surface area contributed by atoms with Crippen LogP contribution in [0.2, 0.25) is 0 Å². The van der Waals surface area contributed by atoms with Gasteiger partial charge in [0.05, 0.1) is 0 Å². The topological polar surface area (TPSA) is 58.4 Å². The van der Waals surface area contributed by atoms with Crippen LogP contribution < -0.4 is 11.3 Å². The second-order valence-electron chi connectivity index (χ2n) is 6.38. The molecule has 1 fully saturated rings. The van der Waals surface area contributed by atoms with Gasteiger partial charge in [-0.1, -0.05) is 26.0 Å². The number of hydrogen-bond acceptors (Lipinski definition) is 3. The van der Waals surface area contributed by atoms with Crippen molar-refractivity contribution in [3.63, 3.8) is 0 Å². The molecule has 0 saturated carbocycles. The maximum Gasteiger partial charge on any atom is 0.265 e. The number of carbonyl (C=O) groups is 1. The molecule has 1 unspecified atom stereocenters. The van der Waals surface area contributed by atoms with Crippen molar-refractivity contribution in [3.05, 3.63) is 35.4 Å². The molecule has 1 saturated heterocycles. The number of rotatable bonds is 4. The van der Waals surface area contributed by atoms with Crippen LogP contribution in [0.5, 0.6) is 0 Å². The van der Waals surface area contributed by atoms with Crippen LogP contribution in [0.3, 0.4) is 0 Å². The molecule has 1 heterocycles. The summed E-state index contributed by atoms with van der Waals surface area (Å²) < 4.78 is 0. The third-order valence-electron chi connectivity index (χ3n) is 4.53. The largest absolute Gasteiger partial charge is 0.299 e. The zero-order chi connectivity index (χ0) is 15.2. The molecule has 3 N–H and O–H groups in total. The van der Waals surface area contributed by atoms with Crippen molar-refractivity contribution in [2.45, 2.75) is 39.7 Å². The van der Waals surface area contributed by atoms with E-state index in [1.54, 1.807) is 6.07 Å². The van der Waals surface area contributed by atoms with Crippen molar-refractivity contribution in [2.24, 2.45) is 17.7 Å². The second-order valence-corrected chi connectivity index (χ2v) is 6.38. The van der Waals surface area contributed by atoms with Gasteiger partial charge in [-0.25, -0.2) is 5.84 Å². The molecule has 0 bridgehead atoms. The van der Waals surface area contributed by atoms with Gasteiger partial charge < -0.3 is 0 Å². The van der Waals surface area contributed by atoms with Crippen molar-refractivity contribution in [1.29, 1.82) is 0 Å². The lowest BCUT2D eigenvalue weighted by molar-refractivity contribution is 0.0953. The lowest BCUT2D eigenvalue weighted by Crippen LogP contribution is -2.30. The molecule has 2 rings (SSSR count). The predicted molar refractivity (Wildman–Crippen MR) is 85.6 cm³/mol. The molecule has 1 atom stereocenters. The Kier molecular flexibility index (Phi) is 5.76. The highest BCUT2D eigenvalue weighted by Crippen LogP contribution is 2.25. The fourth-order valence-electron chi connectivity index (χ4n) is 3.16. The van der Waals surface area contributed by atoms with Gasteiger partial charge in [0.25, 0.3) is 5.91 Å². The Hall–Kier alpha value is -1.39. The molecule has 4 nitrogen and oxygen atoms in total. The van der Waals surface area contributed by atoms with E-state index < -0.39 is 0 Å². The summed E-state index contributed by atoms with van der Waals surface area (Å²) >= 11 is 0. The van der Waals surface area contributed by atoms with Gasteiger partial charge in [-0.15, -0.1) is 0 Å². The third-order valence-corrected chi connectivity index (χ3v) is 4.53. The maximum atomic E-state index is 11.6. The van der Waals surface area contributed by atoms with Crippen molar-refractivity contribution >= 4 is 5.91 Å². The Morgan fingerprint density at radius 3 is 2.90 bits per heavy atom. The number of likely N-dealkylation sites (tertiary alicyclic amines) is 1. The smallest absolute Gasteiger partial charge is 0.265 e.